The van der Waals surface area contributed by atoms with Gasteiger partial charge in [-0.2, -0.15) is 0 Å². The molecule has 0 aliphatic carbocycles. The second-order valence-electron chi connectivity index (χ2n) is 1.76. The summed E-state index contributed by atoms with van der Waals surface area (Å²) >= 11 is 0.791. The molecule has 1 saturated heterocycles. The molecule has 1 atom stereocenters. The zero-order chi connectivity index (χ0) is 4.41. The zero-order valence-corrected chi connectivity index (χ0v) is 5.61. The van der Waals surface area contributed by atoms with Crippen LogP contribution in [0.1, 0.15) is 6.92 Å². The van der Waals surface area contributed by atoms with E-state index < -0.39 is 0 Å². The summed E-state index contributed by atoms with van der Waals surface area (Å²) in [4.78, 5) is 0. The Bertz CT molecular complexity index is 40.8. The van der Waals surface area contributed by atoms with Gasteiger partial charge in [-0.05, 0) is 0 Å². The van der Waals surface area contributed by atoms with Gasteiger partial charge < -0.3 is 0 Å². The number of rotatable bonds is 0. The molecule has 0 bridgehead atoms. The first kappa shape index (κ1) is 4.63. The second kappa shape index (κ2) is 1.97. The van der Waals surface area contributed by atoms with Gasteiger partial charge in [0, 0.05) is 0 Å². The van der Waals surface area contributed by atoms with E-state index in [-0.39, 0.29) is 0 Å². The summed E-state index contributed by atoms with van der Waals surface area (Å²) in [5.74, 6) is 0.963. The van der Waals surface area contributed by atoms with Crippen LogP contribution in [0.3, 0.4) is 0 Å². The Morgan fingerprint density at radius 3 is 2.83 bits per heavy atom. The summed E-state index contributed by atoms with van der Waals surface area (Å²) in [7, 11) is 0. The van der Waals surface area contributed by atoms with Crippen LogP contribution in [0.15, 0.2) is 0 Å². The molecule has 36 valence electrons. The summed E-state index contributed by atoms with van der Waals surface area (Å²) in [6.07, 6.45) is 0. The molecule has 1 aliphatic heterocycles. The third kappa shape index (κ3) is 0.969. The van der Waals surface area contributed by atoms with Crippen LogP contribution in [0.2, 0.25) is 5.32 Å². The predicted octanol–water partition coefficient (Wildman–Crippen LogP) is 0.263. The summed E-state index contributed by atoms with van der Waals surface area (Å²) in [6.45, 7) is 3.56. The van der Waals surface area contributed by atoms with Crippen molar-refractivity contribution in [3.05, 3.63) is 0 Å². The van der Waals surface area contributed by atoms with E-state index in [1.807, 2.05) is 0 Å². The standard InChI is InChI=1S/C4H9NSe/c1-4-2-5-6-3-4/h4-5H,2-3H2,1H3. The maximum absolute atomic E-state index is 3.33. The van der Waals surface area contributed by atoms with Gasteiger partial charge in [0.1, 0.15) is 0 Å². The van der Waals surface area contributed by atoms with E-state index in [9.17, 15) is 0 Å². The van der Waals surface area contributed by atoms with Gasteiger partial charge in [0.05, 0.1) is 0 Å². The molecular formula is C4H9NSe. The van der Waals surface area contributed by atoms with Crippen LogP contribution in [-0.2, 0) is 0 Å². The van der Waals surface area contributed by atoms with Gasteiger partial charge in [-0.15, -0.1) is 0 Å². The molecule has 6 heavy (non-hydrogen) atoms. The van der Waals surface area contributed by atoms with Crippen molar-refractivity contribution < 1.29 is 0 Å². The molecule has 0 aromatic heterocycles. The molecule has 0 radical (unpaired) electrons. The molecule has 0 aromatic rings. The molecule has 0 spiro atoms. The Morgan fingerprint density at radius 2 is 2.67 bits per heavy atom. The van der Waals surface area contributed by atoms with Crippen molar-refractivity contribution >= 4 is 15.2 Å². The minimum atomic E-state index is 0.791. The van der Waals surface area contributed by atoms with Crippen molar-refractivity contribution in [2.24, 2.45) is 5.92 Å². The van der Waals surface area contributed by atoms with E-state index in [0.29, 0.717) is 0 Å². The van der Waals surface area contributed by atoms with E-state index in [1.54, 1.807) is 0 Å². The summed E-state index contributed by atoms with van der Waals surface area (Å²) in [6, 6.07) is 0. The van der Waals surface area contributed by atoms with Crippen molar-refractivity contribution in [1.29, 1.82) is 0 Å². The van der Waals surface area contributed by atoms with Gasteiger partial charge in [0.25, 0.3) is 0 Å². The average Bonchev–Trinajstić information content (AvgIpc) is 1.86. The molecule has 1 fully saturated rings. The molecule has 1 aliphatic rings. The van der Waals surface area contributed by atoms with Crippen LogP contribution < -0.4 is 4.33 Å². The molecule has 0 saturated carbocycles. The molecule has 1 N–H and O–H groups in total. The minimum absolute atomic E-state index is 0.791. The van der Waals surface area contributed by atoms with Gasteiger partial charge >= 0.3 is 44.2 Å². The summed E-state index contributed by atoms with van der Waals surface area (Å²) in [5, 5.41) is 1.44. The molecule has 1 heterocycles. The summed E-state index contributed by atoms with van der Waals surface area (Å²) < 4.78 is 3.33. The van der Waals surface area contributed by atoms with E-state index in [2.05, 4.69) is 11.3 Å². The molecule has 0 aromatic carbocycles. The Kier molecular flexibility index (Phi) is 1.52. The van der Waals surface area contributed by atoms with Crippen molar-refractivity contribution in [3.8, 4) is 0 Å². The van der Waals surface area contributed by atoms with Crippen LogP contribution in [0.4, 0.5) is 0 Å². The summed E-state index contributed by atoms with van der Waals surface area (Å²) in [5.41, 5.74) is 0. The quantitative estimate of drug-likeness (QED) is 0.488. The average molecular weight is 150 g/mol. The fraction of sp³-hybridized carbons (Fsp3) is 1.00. The van der Waals surface area contributed by atoms with Crippen molar-refractivity contribution in [2.45, 2.75) is 12.2 Å². The predicted molar refractivity (Wildman–Crippen MR) is 27.7 cm³/mol. The Morgan fingerprint density at radius 1 is 1.83 bits per heavy atom. The normalized spacial score (nSPS) is 34.5. The molecule has 1 unspecified atom stereocenters. The number of hydrogen-bond donors (Lipinski definition) is 1. The third-order valence-corrected chi connectivity index (χ3v) is 3.22. The fourth-order valence-corrected chi connectivity index (χ4v) is 2.40. The first-order valence-corrected chi connectivity index (χ1v) is 4.31. The van der Waals surface area contributed by atoms with Crippen LogP contribution in [0, 0.1) is 5.92 Å². The van der Waals surface area contributed by atoms with Crippen LogP contribution in [0.5, 0.6) is 0 Å². The van der Waals surface area contributed by atoms with E-state index in [4.69, 9.17) is 0 Å². The van der Waals surface area contributed by atoms with Gasteiger partial charge in [-0.1, -0.05) is 0 Å². The first-order chi connectivity index (χ1) is 2.89. The SMILES string of the molecule is CC1CN[Se]C1. The topological polar surface area (TPSA) is 12.0 Å². The Hall–Kier alpha value is 0.479. The van der Waals surface area contributed by atoms with Gasteiger partial charge in [-0.3, -0.25) is 0 Å². The third-order valence-electron chi connectivity index (χ3n) is 0.902. The monoisotopic (exact) mass is 151 g/mol. The molecule has 1 nitrogen and oxygen atoms in total. The van der Waals surface area contributed by atoms with Gasteiger partial charge in [-0.25, -0.2) is 0 Å². The molecule has 0 amide bonds. The number of hydrogen-bond acceptors (Lipinski definition) is 1. The number of nitrogens with one attached hydrogen (secondary N) is 1. The van der Waals surface area contributed by atoms with Crippen LogP contribution in [-0.4, -0.2) is 21.7 Å². The van der Waals surface area contributed by atoms with Gasteiger partial charge in [0.2, 0.25) is 0 Å². The van der Waals surface area contributed by atoms with Gasteiger partial charge in [0.15, 0.2) is 0 Å². The second-order valence-corrected chi connectivity index (χ2v) is 3.68. The van der Waals surface area contributed by atoms with Crippen molar-refractivity contribution in [1.82, 2.24) is 4.33 Å². The van der Waals surface area contributed by atoms with E-state index in [1.165, 1.54) is 11.9 Å². The Balaban J connectivity index is 2.18. The van der Waals surface area contributed by atoms with Crippen LogP contribution in [0.25, 0.3) is 0 Å². The fourth-order valence-electron chi connectivity index (χ4n) is 0.461. The van der Waals surface area contributed by atoms with E-state index >= 15 is 0 Å². The van der Waals surface area contributed by atoms with Crippen molar-refractivity contribution in [2.75, 3.05) is 6.54 Å². The molecule has 1 rings (SSSR count). The maximum atomic E-state index is 3.33. The van der Waals surface area contributed by atoms with Crippen LogP contribution >= 0.6 is 0 Å². The van der Waals surface area contributed by atoms with E-state index in [0.717, 1.165) is 21.1 Å². The molecular weight excluding hydrogens is 141 g/mol. The zero-order valence-electron chi connectivity index (χ0n) is 3.90. The Labute approximate surface area is 44.9 Å². The molecule has 2 heteroatoms. The van der Waals surface area contributed by atoms with Crippen molar-refractivity contribution in [3.63, 3.8) is 0 Å². The first-order valence-electron chi connectivity index (χ1n) is 2.24.